The van der Waals surface area contributed by atoms with Crippen molar-refractivity contribution in [2.45, 2.75) is 19.5 Å². The van der Waals surface area contributed by atoms with Gasteiger partial charge in [-0.2, -0.15) is 13.2 Å². The third-order valence-electron chi connectivity index (χ3n) is 1.98. The van der Waals surface area contributed by atoms with Gasteiger partial charge in [0.1, 0.15) is 5.78 Å². The summed E-state index contributed by atoms with van der Waals surface area (Å²) in [6.45, 7) is 1.23. The molecule has 0 aromatic heterocycles. The van der Waals surface area contributed by atoms with E-state index in [0.29, 0.717) is 6.07 Å². The van der Waals surface area contributed by atoms with E-state index >= 15 is 0 Å². The summed E-state index contributed by atoms with van der Waals surface area (Å²) in [6.07, 6.45) is -4.84. The molecule has 0 bridgehead atoms. The molecule has 0 unspecified atom stereocenters. The molecule has 0 heterocycles. The molecule has 0 saturated heterocycles. The van der Waals surface area contributed by atoms with Gasteiger partial charge >= 0.3 is 6.18 Å². The van der Waals surface area contributed by atoms with Crippen molar-refractivity contribution in [3.63, 3.8) is 0 Å². The molecule has 0 saturated carbocycles. The van der Waals surface area contributed by atoms with Crippen LogP contribution in [0.3, 0.4) is 0 Å². The number of carbonyl (C=O) groups excluding carboxylic acids is 2. The summed E-state index contributed by atoms with van der Waals surface area (Å²) in [7, 11) is 0. The van der Waals surface area contributed by atoms with Crippen molar-refractivity contribution in [3.8, 4) is 0 Å². The molecule has 1 amide bonds. The molecule has 0 aliphatic rings. The molecule has 7 heteroatoms. The Morgan fingerprint density at radius 2 is 1.94 bits per heavy atom. The highest BCUT2D eigenvalue weighted by Crippen LogP contribution is 2.33. The third kappa shape index (κ3) is 4.03. The maximum Gasteiger partial charge on any atom is 0.416 e. The molecule has 0 aliphatic heterocycles. The van der Waals surface area contributed by atoms with Crippen LogP contribution in [0.25, 0.3) is 0 Å². The summed E-state index contributed by atoms with van der Waals surface area (Å²) in [4.78, 5) is 21.9. The molecular formula is C11H9ClF3NO2. The van der Waals surface area contributed by atoms with Crippen LogP contribution in [0.4, 0.5) is 18.9 Å². The molecule has 0 radical (unpaired) electrons. The third-order valence-corrected chi connectivity index (χ3v) is 2.29. The molecule has 0 fully saturated rings. The predicted molar refractivity (Wildman–Crippen MR) is 60.4 cm³/mol. The summed E-state index contributed by atoms with van der Waals surface area (Å²) in [5, 5.41) is 2.03. The number of alkyl halides is 3. The quantitative estimate of drug-likeness (QED) is 0.863. The zero-order chi connectivity index (χ0) is 13.9. The van der Waals surface area contributed by atoms with Crippen LogP contribution >= 0.6 is 11.6 Å². The van der Waals surface area contributed by atoms with E-state index in [2.05, 4.69) is 5.32 Å². The van der Waals surface area contributed by atoms with Gasteiger partial charge in [-0.25, -0.2) is 0 Å². The number of benzene rings is 1. The lowest BCUT2D eigenvalue weighted by atomic mass is 10.2. The first-order valence-electron chi connectivity index (χ1n) is 4.86. The van der Waals surface area contributed by atoms with Crippen molar-refractivity contribution >= 4 is 29.0 Å². The monoisotopic (exact) mass is 279 g/mol. The number of nitrogens with one attached hydrogen (secondary N) is 1. The van der Waals surface area contributed by atoms with E-state index in [1.54, 1.807) is 0 Å². The molecule has 98 valence electrons. The predicted octanol–water partition coefficient (Wildman–Crippen LogP) is 3.28. The molecule has 1 N–H and O–H groups in total. The van der Waals surface area contributed by atoms with Gasteiger partial charge in [-0.15, -0.1) is 0 Å². The van der Waals surface area contributed by atoms with Crippen LogP contribution in [0, 0.1) is 0 Å². The number of carbonyl (C=O) groups is 2. The normalized spacial score (nSPS) is 11.2. The molecule has 3 nitrogen and oxygen atoms in total. The molecule has 1 aromatic carbocycles. The maximum atomic E-state index is 12.3. The Hall–Kier alpha value is -1.56. The lowest BCUT2D eigenvalue weighted by Gasteiger charge is -2.10. The number of hydrogen-bond acceptors (Lipinski definition) is 2. The van der Waals surface area contributed by atoms with Crippen molar-refractivity contribution in [2.75, 3.05) is 5.32 Å². The maximum absolute atomic E-state index is 12.3. The van der Waals surface area contributed by atoms with Gasteiger partial charge in [0.05, 0.1) is 22.7 Å². The second kappa shape index (κ2) is 5.39. The van der Waals surface area contributed by atoms with E-state index in [-0.39, 0.29) is 22.9 Å². The van der Waals surface area contributed by atoms with Gasteiger partial charge in [-0.3, -0.25) is 9.59 Å². The Morgan fingerprint density at radius 3 is 2.39 bits per heavy atom. The molecule has 0 spiro atoms. The van der Waals surface area contributed by atoms with Crippen LogP contribution in [0.5, 0.6) is 0 Å². The van der Waals surface area contributed by atoms with Gasteiger partial charge in [0.2, 0.25) is 5.91 Å². The number of rotatable bonds is 3. The molecule has 0 aliphatic carbocycles. The van der Waals surface area contributed by atoms with E-state index in [1.807, 2.05) is 0 Å². The standard InChI is InChI=1S/C11H9ClF3NO2/c1-6(17)4-10(18)16-9-3-2-7(5-8(9)12)11(13,14)15/h2-3,5H,4H2,1H3,(H,16,18). The lowest BCUT2D eigenvalue weighted by Crippen LogP contribution is -2.15. The van der Waals surface area contributed by atoms with Gasteiger partial charge in [0, 0.05) is 0 Å². The Kier molecular flexibility index (Phi) is 4.34. The summed E-state index contributed by atoms with van der Waals surface area (Å²) >= 11 is 5.62. The average molecular weight is 280 g/mol. The van der Waals surface area contributed by atoms with Crippen LogP contribution < -0.4 is 5.32 Å². The van der Waals surface area contributed by atoms with Gasteiger partial charge in [-0.05, 0) is 25.1 Å². The van der Waals surface area contributed by atoms with Crippen molar-refractivity contribution in [3.05, 3.63) is 28.8 Å². The summed E-state index contributed by atoms with van der Waals surface area (Å²) in [5.41, 5.74) is -0.868. The van der Waals surface area contributed by atoms with Crippen molar-refractivity contribution in [1.82, 2.24) is 0 Å². The number of hydrogen-bond donors (Lipinski definition) is 1. The number of anilines is 1. The Labute approximate surface area is 106 Å². The highest BCUT2D eigenvalue weighted by Gasteiger charge is 2.30. The highest BCUT2D eigenvalue weighted by molar-refractivity contribution is 6.33. The van der Waals surface area contributed by atoms with E-state index in [1.165, 1.54) is 6.92 Å². The largest absolute Gasteiger partial charge is 0.416 e. The second-order valence-corrected chi connectivity index (χ2v) is 4.03. The molecular weight excluding hydrogens is 271 g/mol. The smallest absolute Gasteiger partial charge is 0.324 e. The SMILES string of the molecule is CC(=O)CC(=O)Nc1ccc(C(F)(F)F)cc1Cl. The van der Waals surface area contributed by atoms with Crippen LogP contribution in [0.2, 0.25) is 5.02 Å². The Morgan fingerprint density at radius 1 is 1.33 bits per heavy atom. The van der Waals surface area contributed by atoms with Crippen LogP contribution in [0.15, 0.2) is 18.2 Å². The Bertz CT molecular complexity index is 486. The zero-order valence-electron chi connectivity index (χ0n) is 9.27. The van der Waals surface area contributed by atoms with Crippen molar-refractivity contribution in [1.29, 1.82) is 0 Å². The van der Waals surface area contributed by atoms with Gasteiger partial charge in [0.25, 0.3) is 0 Å². The van der Waals surface area contributed by atoms with E-state index < -0.39 is 17.6 Å². The molecule has 18 heavy (non-hydrogen) atoms. The zero-order valence-corrected chi connectivity index (χ0v) is 10.0. The summed E-state index contributed by atoms with van der Waals surface area (Å²) < 4.78 is 37.0. The van der Waals surface area contributed by atoms with Crippen molar-refractivity contribution < 1.29 is 22.8 Å². The van der Waals surface area contributed by atoms with Crippen LogP contribution in [0.1, 0.15) is 18.9 Å². The molecule has 0 atom stereocenters. The minimum atomic E-state index is -4.49. The summed E-state index contributed by atoms with van der Waals surface area (Å²) in [6, 6.07) is 2.56. The fourth-order valence-electron chi connectivity index (χ4n) is 1.21. The second-order valence-electron chi connectivity index (χ2n) is 3.62. The summed E-state index contributed by atoms with van der Waals surface area (Å²) in [5.74, 6) is -0.973. The average Bonchev–Trinajstić information content (AvgIpc) is 2.18. The van der Waals surface area contributed by atoms with E-state index in [4.69, 9.17) is 11.6 Å². The van der Waals surface area contributed by atoms with Crippen LogP contribution in [-0.4, -0.2) is 11.7 Å². The highest BCUT2D eigenvalue weighted by atomic mass is 35.5. The van der Waals surface area contributed by atoms with Gasteiger partial charge < -0.3 is 5.32 Å². The number of amides is 1. The number of halogens is 4. The minimum absolute atomic E-state index is 0.0379. The van der Waals surface area contributed by atoms with Gasteiger partial charge in [0.15, 0.2) is 0 Å². The lowest BCUT2D eigenvalue weighted by molar-refractivity contribution is -0.137. The molecule has 1 rings (SSSR count). The molecule has 1 aromatic rings. The van der Waals surface area contributed by atoms with E-state index in [9.17, 15) is 22.8 Å². The van der Waals surface area contributed by atoms with Gasteiger partial charge in [-0.1, -0.05) is 11.6 Å². The minimum Gasteiger partial charge on any atom is -0.324 e. The first-order chi connectivity index (χ1) is 8.20. The topological polar surface area (TPSA) is 46.2 Å². The van der Waals surface area contributed by atoms with Crippen LogP contribution in [-0.2, 0) is 15.8 Å². The first kappa shape index (κ1) is 14.5. The first-order valence-corrected chi connectivity index (χ1v) is 5.24. The Balaban J connectivity index is 2.87. The van der Waals surface area contributed by atoms with Crippen molar-refractivity contribution in [2.24, 2.45) is 0 Å². The number of ketones is 1. The fourth-order valence-corrected chi connectivity index (χ4v) is 1.44. The fraction of sp³-hybridized carbons (Fsp3) is 0.273. The van der Waals surface area contributed by atoms with E-state index in [0.717, 1.165) is 12.1 Å². The number of Topliss-reactive ketones (excluding diaryl/α,β-unsaturated/α-hetero) is 1.